The molecular weight excluding hydrogens is 226 g/mol. The van der Waals surface area contributed by atoms with Gasteiger partial charge in [0, 0.05) is 30.9 Å². The Morgan fingerprint density at radius 3 is 2.94 bits per heavy atom. The Morgan fingerprint density at radius 1 is 1.41 bits per heavy atom. The molecule has 4 rings (SSSR count). The first-order valence-corrected chi connectivity index (χ1v) is 6.11. The lowest BCUT2D eigenvalue weighted by Gasteiger charge is -2.37. The fourth-order valence-electron chi connectivity index (χ4n) is 3.67. The summed E-state index contributed by atoms with van der Waals surface area (Å²) in [6.45, 7) is 0.0843. The van der Waals surface area contributed by atoms with Crippen LogP contribution in [0.2, 0.25) is 0 Å². The monoisotopic (exact) mass is 241 g/mol. The van der Waals surface area contributed by atoms with Gasteiger partial charge in [-0.1, -0.05) is 0 Å². The molecule has 0 amide bonds. The van der Waals surface area contributed by atoms with E-state index in [1.807, 2.05) is 0 Å². The molecule has 7 atom stereocenters. The minimum absolute atomic E-state index is 0.000833. The van der Waals surface area contributed by atoms with E-state index in [-0.39, 0.29) is 55.6 Å². The lowest BCUT2D eigenvalue weighted by molar-refractivity contribution is -0.157. The standard InChI is InChI=1S/C11H15NO5/c13-3-4-9-5(1-8(14)15)12-7(17-10(4)9)2-6-11(12)16-6/h4-7,9-11,13H,1-3H2,(H,14,15)/t4?,5?,6?,7?,9?,10?,11-/m0/s1. The topological polar surface area (TPSA) is 82.5 Å². The Morgan fingerprint density at radius 2 is 2.24 bits per heavy atom. The van der Waals surface area contributed by atoms with Crippen LogP contribution in [0.4, 0.5) is 0 Å². The molecule has 6 unspecified atom stereocenters. The van der Waals surface area contributed by atoms with Gasteiger partial charge >= 0.3 is 5.97 Å². The van der Waals surface area contributed by atoms with Crippen LogP contribution in [0.5, 0.6) is 0 Å². The maximum atomic E-state index is 11.0. The van der Waals surface area contributed by atoms with Crippen molar-refractivity contribution in [2.45, 2.75) is 43.5 Å². The fourth-order valence-corrected chi connectivity index (χ4v) is 3.67. The summed E-state index contributed by atoms with van der Waals surface area (Å²) in [6, 6.07) is -0.0362. The molecule has 4 aliphatic rings. The number of carboxylic acids is 1. The van der Waals surface area contributed by atoms with Crippen LogP contribution in [-0.4, -0.2) is 58.4 Å². The van der Waals surface area contributed by atoms with Gasteiger partial charge in [-0.2, -0.15) is 0 Å². The number of aliphatic hydroxyl groups excluding tert-OH is 1. The highest BCUT2D eigenvalue weighted by atomic mass is 16.6. The van der Waals surface area contributed by atoms with E-state index in [4.69, 9.17) is 14.6 Å². The molecule has 0 radical (unpaired) electrons. The first-order chi connectivity index (χ1) is 8.20. The molecule has 1 saturated carbocycles. The largest absolute Gasteiger partial charge is 0.481 e. The molecule has 0 aromatic rings. The van der Waals surface area contributed by atoms with Crippen LogP contribution in [0.1, 0.15) is 12.8 Å². The minimum atomic E-state index is -0.790. The van der Waals surface area contributed by atoms with Gasteiger partial charge in [0.2, 0.25) is 0 Å². The van der Waals surface area contributed by atoms with Crippen molar-refractivity contribution in [3.05, 3.63) is 0 Å². The molecule has 4 fully saturated rings. The Hall–Kier alpha value is -0.690. The number of aliphatic hydroxyl groups is 1. The second-order valence-electron chi connectivity index (χ2n) is 5.39. The van der Waals surface area contributed by atoms with Gasteiger partial charge in [-0.25, -0.2) is 4.90 Å². The lowest BCUT2D eigenvalue weighted by Crippen LogP contribution is -2.49. The van der Waals surface area contributed by atoms with E-state index in [9.17, 15) is 9.90 Å². The molecule has 2 N–H and O–H groups in total. The Bertz CT molecular complexity index is 375. The number of hydrogen-bond acceptors (Lipinski definition) is 5. The number of fused-ring (bicyclic) bond motifs is 4. The van der Waals surface area contributed by atoms with Crippen molar-refractivity contribution in [3.63, 3.8) is 0 Å². The normalized spacial score (nSPS) is 54.8. The van der Waals surface area contributed by atoms with Crippen molar-refractivity contribution in [1.82, 2.24) is 4.90 Å². The van der Waals surface area contributed by atoms with E-state index in [0.29, 0.717) is 0 Å². The van der Waals surface area contributed by atoms with Crippen molar-refractivity contribution < 1.29 is 24.5 Å². The Kier molecular flexibility index (Phi) is 1.93. The zero-order valence-electron chi connectivity index (χ0n) is 9.23. The van der Waals surface area contributed by atoms with Gasteiger partial charge in [-0.15, -0.1) is 0 Å². The summed E-state index contributed by atoms with van der Waals surface area (Å²) in [5.74, 6) is -0.514. The zero-order valence-corrected chi connectivity index (χ0v) is 9.23. The van der Waals surface area contributed by atoms with Gasteiger partial charge in [0.25, 0.3) is 0 Å². The predicted molar refractivity (Wildman–Crippen MR) is 53.9 cm³/mol. The number of rotatable bonds is 3. The third-order valence-corrected chi connectivity index (χ3v) is 4.51. The molecule has 6 nitrogen and oxygen atoms in total. The second kappa shape index (κ2) is 3.20. The highest BCUT2D eigenvalue weighted by Crippen LogP contribution is 2.57. The molecule has 0 spiro atoms. The van der Waals surface area contributed by atoms with Crippen LogP contribution in [0.3, 0.4) is 0 Å². The summed E-state index contributed by atoms with van der Waals surface area (Å²) in [5, 5.41) is 18.3. The highest BCUT2D eigenvalue weighted by Gasteiger charge is 2.68. The Balaban J connectivity index is 1.60. The van der Waals surface area contributed by atoms with Crippen LogP contribution < -0.4 is 0 Å². The fraction of sp³-hybridized carbons (Fsp3) is 0.909. The van der Waals surface area contributed by atoms with E-state index in [1.54, 1.807) is 0 Å². The molecule has 0 bridgehead atoms. The molecule has 1 aliphatic carbocycles. The maximum Gasteiger partial charge on any atom is 0.304 e. The number of ether oxygens (including phenoxy) is 2. The van der Waals surface area contributed by atoms with Gasteiger partial charge in [0.1, 0.15) is 18.6 Å². The number of epoxide rings is 1. The minimum Gasteiger partial charge on any atom is -0.481 e. The third-order valence-electron chi connectivity index (χ3n) is 4.51. The van der Waals surface area contributed by atoms with Gasteiger partial charge in [0.15, 0.2) is 0 Å². The summed E-state index contributed by atoms with van der Waals surface area (Å²) in [4.78, 5) is 13.0. The average molecular weight is 241 g/mol. The van der Waals surface area contributed by atoms with Crippen LogP contribution in [-0.2, 0) is 14.3 Å². The van der Waals surface area contributed by atoms with Gasteiger partial charge in [-0.05, 0) is 0 Å². The third kappa shape index (κ3) is 1.32. The number of aliphatic carboxylic acids is 1. The molecule has 3 aliphatic heterocycles. The van der Waals surface area contributed by atoms with Crippen molar-refractivity contribution in [2.24, 2.45) is 11.8 Å². The SMILES string of the molecule is O=C(O)CC1C2C(CO)C2OC2CC3O[C@@H]3N21. The highest BCUT2D eigenvalue weighted by molar-refractivity contribution is 5.67. The Labute approximate surface area is 98.1 Å². The summed E-state index contributed by atoms with van der Waals surface area (Å²) >= 11 is 0. The van der Waals surface area contributed by atoms with E-state index in [1.165, 1.54) is 0 Å². The van der Waals surface area contributed by atoms with E-state index >= 15 is 0 Å². The number of hydrogen-bond donors (Lipinski definition) is 2. The van der Waals surface area contributed by atoms with Gasteiger partial charge in [0.05, 0.1) is 12.5 Å². The first-order valence-electron chi connectivity index (χ1n) is 6.11. The zero-order chi connectivity index (χ0) is 11.7. The molecule has 6 heteroatoms. The van der Waals surface area contributed by atoms with Crippen molar-refractivity contribution >= 4 is 5.97 Å². The molecule has 0 aromatic carbocycles. The predicted octanol–water partition coefficient (Wildman–Crippen LogP) is -0.777. The van der Waals surface area contributed by atoms with Crippen LogP contribution in [0.25, 0.3) is 0 Å². The molecule has 0 aromatic heterocycles. The summed E-state index contributed by atoms with van der Waals surface area (Å²) in [7, 11) is 0. The summed E-state index contributed by atoms with van der Waals surface area (Å²) in [6.07, 6.45) is 1.31. The van der Waals surface area contributed by atoms with Crippen molar-refractivity contribution in [2.75, 3.05) is 6.61 Å². The van der Waals surface area contributed by atoms with Crippen LogP contribution >= 0.6 is 0 Å². The van der Waals surface area contributed by atoms with Crippen LogP contribution in [0, 0.1) is 11.8 Å². The number of carboxylic acid groups (broad SMARTS) is 1. The summed E-state index contributed by atoms with van der Waals surface area (Å²) in [5.41, 5.74) is 0. The average Bonchev–Trinajstić information content (AvgIpc) is 3.14. The van der Waals surface area contributed by atoms with Crippen molar-refractivity contribution in [1.29, 1.82) is 0 Å². The first kappa shape index (κ1) is 10.3. The molecule has 94 valence electrons. The smallest absolute Gasteiger partial charge is 0.304 e. The molecule has 3 heterocycles. The van der Waals surface area contributed by atoms with Gasteiger partial charge < -0.3 is 19.7 Å². The summed E-state index contributed by atoms with van der Waals surface area (Å²) < 4.78 is 11.4. The number of nitrogens with zero attached hydrogens (tertiary/aromatic N) is 1. The lowest BCUT2D eigenvalue weighted by atomic mass is 10.0. The quantitative estimate of drug-likeness (QED) is 0.631. The van der Waals surface area contributed by atoms with Crippen molar-refractivity contribution in [3.8, 4) is 0 Å². The second-order valence-corrected chi connectivity index (χ2v) is 5.39. The van der Waals surface area contributed by atoms with E-state index < -0.39 is 5.97 Å². The van der Waals surface area contributed by atoms with Gasteiger partial charge in [-0.3, -0.25) is 4.79 Å². The van der Waals surface area contributed by atoms with E-state index in [0.717, 1.165) is 6.42 Å². The molecule has 17 heavy (non-hydrogen) atoms. The number of carbonyl (C=O) groups is 1. The van der Waals surface area contributed by atoms with E-state index in [2.05, 4.69) is 4.90 Å². The van der Waals surface area contributed by atoms with Crippen LogP contribution in [0.15, 0.2) is 0 Å². The molecular formula is C11H15NO5. The molecule has 3 saturated heterocycles. The maximum absolute atomic E-state index is 11.0.